The molecule has 3 nitrogen and oxygen atoms in total. The highest BCUT2D eigenvalue weighted by Gasteiger charge is 2.03. The van der Waals surface area contributed by atoms with Crippen molar-refractivity contribution in [3.63, 3.8) is 0 Å². The van der Waals surface area contributed by atoms with Gasteiger partial charge in [0.15, 0.2) is 0 Å². The minimum Gasteiger partial charge on any atom is -0.381 e. The van der Waals surface area contributed by atoms with Crippen LogP contribution in [0.5, 0.6) is 0 Å². The number of nitrogens with zero attached hydrogens (tertiary/aromatic N) is 1. The van der Waals surface area contributed by atoms with Crippen molar-refractivity contribution >= 4 is 16.7 Å². The average Bonchev–Trinajstić information content (AvgIpc) is 2.89. The van der Waals surface area contributed by atoms with Gasteiger partial charge in [0, 0.05) is 35.6 Å². The summed E-state index contributed by atoms with van der Waals surface area (Å²) in [5, 5.41) is 4.51. The topological polar surface area (TPSA) is 40.7 Å². The normalized spacial score (nSPS) is 10.3. The van der Waals surface area contributed by atoms with Crippen molar-refractivity contribution in [2.75, 3.05) is 5.32 Å². The summed E-state index contributed by atoms with van der Waals surface area (Å²) in [5.74, 6) is 2.63. The molecule has 0 saturated heterocycles. The number of hydrogen-bond donors (Lipinski definition) is 2. The van der Waals surface area contributed by atoms with Crippen LogP contribution < -0.4 is 5.32 Å². The van der Waals surface area contributed by atoms with Crippen molar-refractivity contribution < 1.29 is 0 Å². The van der Waals surface area contributed by atoms with Crippen LogP contribution in [0.4, 0.5) is 5.69 Å². The number of aromatic nitrogens is 2. The Kier molecular flexibility index (Phi) is 2.91. The molecule has 0 saturated carbocycles. The van der Waals surface area contributed by atoms with Crippen LogP contribution in [0.1, 0.15) is 11.1 Å². The molecule has 0 unspecified atom stereocenters. The first-order chi connectivity index (χ1) is 9.36. The van der Waals surface area contributed by atoms with Gasteiger partial charge in [0.1, 0.15) is 5.65 Å². The van der Waals surface area contributed by atoms with Gasteiger partial charge in [-0.3, -0.25) is 0 Å². The molecule has 0 radical (unpaired) electrons. The number of terminal acetylenes is 1. The van der Waals surface area contributed by atoms with Crippen molar-refractivity contribution in [3.05, 3.63) is 59.9 Å². The maximum absolute atomic E-state index is 5.39. The lowest BCUT2D eigenvalue weighted by Crippen LogP contribution is -1.98. The zero-order chi connectivity index (χ0) is 13.1. The standard InChI is InChI=1S/C16H13N3/c1-2-12-5-3-6-14(9-12)18-10-13-11-19-16-15(13)7-4-8-17-16/h1,3-9,11,18H,10H2,(H,17,19). The molecule has 0 atom stereocenters. The van der Waals surface area contributed by atoms with Crippen LogP contribution in [0, 0.1) is 12.3 Å². The fraction of sp³-hybridized carbons (Fsp3) is 0.0625. The highest BCUT2D eigenvalue weighted by Crippen LogP contribution is 2.17. The minimum atomic E-state index is 0.736. The highest BCUT2D eigenvalue weighted by molar-refractivity contribution is 5.79. The Bertz CT molecular complexity index is 750. The number of hydrogen-bond acceptors (Lipinski definition) is 2. The first-order valence-corrected chi connectivity index (χ1v) is 6.08. The summed E-state index contributed by atoms with van der Waals surface area (Å²) in [7, 11) is 0. The molecule has 0 amide bonds. The molecule has 0 spiro atoms. The van der Waals surface area contributed by atoms with E-state index in [1.54, 1.807) is 6.20 Å². The van der Waals surface area contributed by atoms with Crippen LogP contribution >= 0.6 is 0 Å². The lowest BCUT2D eigenvalue weighted by atomic mass is 10.2. The van der Waals surface area contributed by atoms with E-state index >= 15 is 0 Å². The highest BCUT2D eigenvalue weighted by atomic mass is 14.9. The van der Waals surface area contributed by atoms with Gasteiger partial charge in [-0.1, -0.05) is 12.0 Å². The average molecular weight is 247 g/mol. The molecular weight excluding hydrogens is 234 g/mol. The molecule has 0 bridgehead atoms. The zero-order valence-corrected chi connectivity index (χ0v) is 10.4. The van der Waals surface area contributed by atoms with E-state index in [4.69, 9.17) is 6.42 Å². The third-order valence-corrected chi connectivity index (χ3v) is 3.05. The fourth-order valence-corrected chi connectivity index (χ4v) is 2.08. The van der Waals surface area contributed by atoms with Gasteiger partial charge in [0.05, 0.1) is 0 Å². The third-order valence-electron chi connectivity index (χ3n) is 3.05. The lowest BCUT2D eigenvalue weighted by molar-refractivity contribution is 1.16. The molecule has 92 valence electrons. The second-order valence-electron chi connectivity index (χ2n) is 4.29. The summed E-state index contributed by atoms with van der Waals surface area (Å²) in [6.45, 7) is 0.736. The summed E-state index contributed by atoms with van der Waals surface area (Å²) in [6.07, 6.45) is 9.16. The number of aromatic amines is 1. The van der Waals surface area contributed by atoms with Gasteiger partial charge in [0.25, 0.3) is 0 Å². The maximum atomic E-state index is 5.39. The van der Waals surface area contributed by atoms with Gasteiger partial charge >= 0.3 is 0 Å². The van der Waals surface area contributed by atoms with Crippen LogP contribution in [0.15, 0.2) is 48.8 Å². The Labute approximate surface area is 111 Å². The maximum Gasteiger partial charge on any atom is 0.137 e. The molecule has 2 N–H and O–H groups in total. The van der Waals surface area contributed by atoms with E-state index in [-0.39, 0.29) is 0 Å². The van der Waals surface area contributed by atoms with Gasteiger partial charge in [-0.25, -0.2) is 4.98 Å². The van der Waals surface area contributed by atoms with Crippen molar-refractivity contribution in [1.29, 1.82) is 0 Å². The number of benzene rings is 1. The van der Waals surface area contributed by atoms with Gasteiger partial charge in [-0.15, -0.1) is 6.42 Å². The first-order valence-electron chi connectivity index (χ1n) is 6.08. The van der Waals surface area contributed by atoms with Crippen molar-refractivity contribution in [3.8, 4) is 12.3 Å². The summed E-state index contributed by atoms with van der Waals surface area (Å²) in [5.41, 5.74) is 4.00. The Morgan fingerprint density at radius 1 is 1.26 bits per heavy atom. The molecule has 1 aromatic carbocycles. The van der Waals surface area contributed by atoms with E-state index in [1.165, 1.54) is 5.56 Å². The lowest BCUT2D eigenvalue weighted by Gasteiger charge is -2.05. The number of anilines is 1. The number of H-pyrrole nitrogens is 1. The van der Waals surface area contributed by atoms with Gasteiger partial charge < -0.3 is 10.3 Å². The van der Waals surface area contributed by atoms with Gasteiger partial charge in [-0.2, -0.15) is 0 Å². The molecule has 19 heavy (non-hydrogen) atoms. The number of nitrogens with one attached hydrogen (secondary N) is 2. The number of pyridine rings is 1. The van der Waals surface area contributed by atoms with E-state index in [9.17, 15) is 0 Å². The molecule has 3 rings (SSSR count). The zero-order valence-electron chi connectivity index (χ0n) is 10.4. The minimum absolute atomic E-state index is 0.736. The summed E-state index contributed by atoms with van der Waals surface area (Å²) in [4.78, 5) is 7.44. The van der Waals surface area contributed by atoms with Crippen LogP contribution in [0.25, 0.3) is 11.0 Å². The molecule has 0 fully saturated rings. The Morgan fingerprint density at radius 3 is 3.11 bits per heavy atom. The van der Waals surface area contributed by atoms with E-state index in [1.807, 2.05) is 36.5 Å². The first kappa shape index (κ1) is 11.4. The van der Waals surface area contributed by atoms with Crippen molar-refractivity contribution in [1.82, 2.24) is 9.97 Å². The number of fused-ring (bicyclic) bond motifs is 1. The molecule has 3 heteroatoms. The van der Waals surface area contributed by atoms with Crippen LogP contribution in [0.2, 0.25) is 0 Å². The van der Waals surface area contributed by atoms with E-state index in [0.717, 1.165) is 28.8 Å². The van der Waals surface area contributed by atoms with Crippen molar-refractivity contribution in [2.24, 2.45) is 0 Å². The van der Waals surface area contributed by atoms with Gasteiger partial charge in [-0.05, 0) is 35.9 Å². The summed E-state index contributed by atoms with van der Waals surface area (Å²) >= 11 is 0. The Morgan fingerprint density at radius 2 is 2.21 bits per heavy atom. The van der Waals surface area contributed by atoms with Crippen LogP contribution in [0.3, 0.4) is 0 Å². The largest absolute Gasteiger partial charge is 0.381 e. The van der Waals surface area contributed by atoms with E-state index < -0.39 is 0 Å². The molecular formula is C16H13N3. The third kappa shape index (κ3) is 2.29. The second-order valence-corrected chi connectivity index (χ2v) is 4.29. The molecule has 2 aromatic heterocycles. The molecule has 0 aliphatic carbocycles. The fourth-order valence-electron chi connectivity index (χ4n) is 2.08. The molecule has 0 aliphatic rings. The van der Waals surface area contributed by atoms with Crippen molar-refractivity contribution in [2.45, 2.75) is 6.54 Å². The predicted molar refractivity (Wildman–Crippen MR) is 77.8 cm³/mol. The number of rotatable bonds is 3. The molecule has 2 heterocycles. The molecule has 3 aromatic rings. The molecule has 0 aliphatic heterocycles. The Hall–Kier alpha value is -2.73. The Balaban J connectivity index is 1.81. The second kappa shape index (κ2) is 4.87. The smallest absolute Gasteiger partial charge is 0.137 e. The monoisotopic (exact) mass is 247 g/mol. The van der Waals surface area contributed by atoms with Crippen LogP contribution in [-0.4, -0.2) is 9.97 Å². The summed E-state index contributed by atoms with van der Waals surface area (Å²) in [6, 6.07) is 11.8. The van der Waals surface area contributed by atoms with Crippen LogP contribution in [-0.2, 0) is 6.54 Å². The SMILES string of the molecule is C#Cc1cccc(NCc2c[nH]c3ncccc23)c1. The van der Waals surface area contributed by atoms with E-state index in [2.05, 4.69) is 27.3 Å². The summed E-state index contributed by atoms with van der Waals surface area (Å²) < 4.78 is 0. The van der Waals surface area contributed by atoms with Gasteiger partial charge in [0.2, 0.25) is 0 Å². The van der Waals surface area contributed by atoms with E-state index in [0.29, 0.717) is 0 Å². The predicted octanol–water partition coefficient (Wildman–Crippen LogP) is 3.16. The quantitative estimate of drug-likeness (QED) is 0.698.